The van der Waals surface area contributed by atoms with E-state index in [0.29, 0.717) is 11.4 Å². The Morgan fingerprint density at radius 2 is 2.00 bits per heavy atom. The highest BCUT2D eigenvalue weighted by atomic mass is 16.2. The maximum atomic E-state index is 12.0. The predicted octanol–water partition coefficient (Wildman–Crippen LogP) is 1.29. The van der Waals surface area contributed by atoms with Gasteiger partial charge in [-0.25, -0.2) is 9.69 Å². The summed E-state index contributed by atoms with van der Waals surface area (Å²) in [6, 6.07) is 6.29. The number of rotatable bonds is 5. The molecular formula is C13H16N3O3. The summed E-state index contributed by atoms with van der Waals surface area (Å²) in [6.45, 7) is 1.41. The van der Waals surface area contributed by atoms with Gasteiger partial charge < -0.3 is 10.6 Å². The van der Waals surface area contributed by atoms with Gasteiger partial charge in [-0.3, -0.25) is 9.59 Å². The van der Waals surface area contributed by atoms with Gasteiger partial charge in [0.2, 0.25) is 12.2 Å². The van der Waals surface area contributed by atoms with E-state index in [0.717, 1.165) is 4.90 Å². The second-order valence-electron chi connectivity index (χ2n) is 3.65. The van der Waals surface area contributed by atoms with E-state index in [1.807, 2.05) is 0 Å². The van der Waals surface area contributed by atoms with Crippen LogP contribution in [0.15, 0.2) is 24.3 Å². The van der Waals surface area contributed by atoms with Crippen LogP contribution in [0.3, 0.4) is 0 Å². The molecular weight excluding hydrogens is 246 g/mol. The molecule has 0 aliphatic rings. The van der Waals surface area contributed by atoms with Gasteiger partial charge in [0.1, 0.15) is 0 Å². The standard InChI is InChI=1S/C13H16N3O3/c1-3-12(18)16(13(19)15-8-9-17)11-7-5-4-6-10(11)14-2/h4-7,14H,3,8H2,1-2H3,(H,15,19). The number of imide groups is 1. The van der Waals surface area contributed by atoms with Gasteiger partial charge in [0.25, 0.3) is 0 Å². The van der Waals surface area contributed by atoms with Crippen LogP contribution in [0, 0.1) is 0 Å². The lowest BCUT2D eigenvalue weighted by Gasteiger charge is -2.22. The molecule has 0 spiro atoms. The molecule has 6 heteroatoms. The summed E-state index contributed by atoms with van der Waals surface area (Å²) in [5, 5.41) is 5.23. The zero-order chi connectivity index (χ0) is 14.3. The molecule has 0 atom stereocenters. The molecule has 0 aliphatic heterocycles. The zero-order valence-electron chi connectivity index (χ0n) is 10.9. The Balaban J connectivity index is 3.12. The number of nitrogens with one attached hydrogen (secondary N) is 2. The summed E-state index contributed by atoms with van der Waals surface area (Å²) in [5.74, 6) is -0.355. The minimum Gasteiger partial charge on any atom is -0.386 e. The van der Waals surface area contributed by atoms with Crippen LogP contribution in [-0.4, -0.2) is 31.8 Å². The van der Waals surface area contributed by atoms with Crippen molar-refractivity contribution < 1.29 is 14.4 Å². The van der Waals surface area contributed by atoms with Gasteiger partial charge in [0.05, 0.1) is 17.9 Å². The highest BCUT2D eigenvalue weighted by Gasteiger charge is 2.23. The third-order valence-electron chi connectivity index (χ3n) is 2.48. The molecule has 6 nitrogen and oxygen atoms in total. The lowest BCUT2D eigenvalue weighted by molar-refractivity contribution is -0.117. The molecule has 1 aromatic rings. The maximum absolute atomic E-state index is 12.0. The third-order valence-corrected chi connectivity index (χ3v) is 2.48. The van der Waals surface area contributed by atoms with Crippen LogP contribution in [0.1, 0.15) is 13.3 Å². The number of nitrogens with zero attached hydrogens (tertiary/aromatic N) is 1. The smallest absolute Gasteiger partial charge is 0.329 e. The van der Waals surface area contributed by atoms with Crippen molar-refractivity contribution in [2.75, 3.05) is 23.8 Å². The first-order valence-electron chi connectivity index (χ1n) is 5.88. The molecule has 101 valence electrons. The lowest BCUT2D eigenvalue weighted by atomic mass is 10.2. The van der Waals surface area contributed by atoms with E-state index in [1.54, 1.807) is 44.5 Å². The minimum atomic E-state index is -0.641. The van der Waals surface area contributed by atoms with Gasteiger partial charge in [-0.2, -0.15) is 0 Å². The van der Waals surface area contributed by atoms with Crippen LogP contribution in [0.5, 0.6) is 0 Å². The Hall–Kier alpha value is -2.37. The predicted molar refractivity (Wildman–Crippen MR) is 72.9 cm³/mol. The molecule has 0 unspecified atom stereocenters. The van der Waals surface area contributed by atoms with Gasteiger partial charge >= 0.3 is 6.03 Å². The van der Waals surface area contributed by atoms with Crippen molar-refractivity contribution in [1.29, 1.82) is 0 Å². The molecule has 19 heavy (non-hydrogen) atoms. The van der Waals surface area contributed by atoms with Gasteiger partial charge in [-0.1, -0.05) is 19.1 Å². The Bertz CT molecular complexity index is 474. The first-order valence-corrected chi connectivity index (χ1v) is 5.88. The first-order chi connectivity index (χ1) is 9.15. The van der Waals surface area contributed by atoms with Crippen molar-refractivity contribution in [3.8, 4) is 0 Å². The molecule has 1 rings (SSSR count). The number of amides is 3. The van der Waals surface area contributed by atoms with Crippen LogP contribution in [0.4, 0.5) is 16.2 Å². The molecule has 3 amide bonds. The van der Waals surface area contributed by atoms with Gasteiger partial charge in [-0.05, 0) is 12.1 Å². The number of carbonyl (C=O) groups is 2. The van der Waals surface area contributed by atoms with Crippen LogP contribution in [0.2, 0.25) is 0 Å². The van der Waals surface area contributed by atoms with E-state index in [4.69, 9.17) is 0 Å². The van der Waals surface area contributed by atoms with Gasteiger partial charge in [0.15, 0.2) is 0 Å². The molecule has 0 fully saturated rings. The van der Waals surface area contributed by atoms with E-state index in [-0.39, 0.29) is 18.9 Å². The Kier molecular flexibility index (Phi) is 5.53. The summed E-state index contributed by atoms with van der Waals surface area (Å²) in [5.41, 5.74) is 1.09. The molecule has 1 aromatic carbocycles. The largest absolute Gasteiger partial charge is 0.386 e. The third kappa shape index (κ3) is 3.54. The van der Waals surface area contributed by atoms with Crippen molar-refractivity contribution >= 4 is 29.6 Å². The number of anilines is 2. The minimum absolute atomic E-state index is 0.177. The summed E-state index contributed by atoms with van der Waals surface area (Å²) in [7, 11) is 1.70. The molecule has 0 heterocycles. The topological polar surface area (TPSA) is 78.5 Å². The van der Waals surface area contributed by atoms with Crippen LogP contribution in [0.25, 0.3) is 0 Å². The molecule has 0 saturated heterocycles. The highest BCUT2D eigenvalue weighted by molar-refractivity contribution is 6.16. The fourth-order valence-corrected chi connectivity index (χ4v) is 1.59. The number of urea groups is 1. The van der Waals surface area contributed by atoms with E-state index >= 15 is 0 Å². The lowest BCUT2D eigenvalue weighted by Crippen LogP contribution is -2.44. The number of hydrogen-bond donors (Lipinski definition) is 2. The van der Waals surface area contributed by atoms with E-state index in [1.165, 1.54) is 0 Å². The fraction of sp³-hybridized carbons (Fsp3) is 0.308. The van der Waals surface area contributed by atoms with Gasteiger partial charge in [-0.15, -0.1) is 0 Å². The second-order valence-corrected chi connectivity index (χ2v) is 3.65. The second kappa shape index (κ2) is 7.15. The molecule has 0 aromatic heterocycles. The van der Waals surface area contributed by atoms with Crippen molar-refractivity contribution in [3.05, 3.63) is 24.3 Å². The van der Waals surface area contributed by atoms with E-state index in [9.17, 15) is 14.4 Å². The van der Waals surface area contributed by atoms with Crippen molar-refractivity contribution in [2.24, 2.45) is 0 Å². The van der Waals surface area contributed by atoms with Crippen LogP contribution in [-0.2, 0) is 9.59 Å². The number of carbonyl (C=O) groups excluding carboxylic acids is 3. The molecule has 2 N–H and O–H groups in total. The Morgan fingerprint density at radius 3 is 2.58 bits per heavy atom. The average molecular weight is 262 g/mol. The maximum Gasteiger partial charge on any atom is 0.329 e. The normalized spacial score (nSPS) is 9.58. The molecule has 1 radical (unpaired) electrons. The number of hydrogen-bond acceptors (Lipinski definition) is 4. The zero-order valence-corrected chi connectivity index (χ0v) is 10.9. The van der Waals surface area contributed by atoms with Gasteiger partial charge in [0, 0.05) is 13.5 Å². The highest BCUT2D eigenvalue weighted by Crippen LogP contribution is 2.25. The Labute approximate surface area is 111 Å². The SMILES string of the molecule is CCC(=O)N(C(=O)NC[C]=O)c1ccccc1NC. The average Bonchev–Trinajstić information content (AvgIpc) is 2.45. The summed E-state index contributed by atoms with van der Waals surface area (Å²) in [4.78, 5) is 35.1. The summed E-state index contributed by atoms with van der Waals surface area (Å²) < 4.78 is 0. The van der Waals surface area contributed by atoms with Crippen molar-refractivity contribution in [2.45, 2.75) is 13.3 Å². The fourth-order valence-electron chi connectivity index (χ4n) is 1.59. The molecule has 0 aliphatic carbocycles. The number of para-hydroxylation sites is 2. The van der Waals surface area contributed by atoms with Crippen LogP contribution < -0.4 is 15.5 Å². The monoisotopic (exact) mass is 262 g/mol. The number of benzene rings is 1. The quantitative estimate of drug-likeness (QED) is 0.838. The Morgan fingerprint density at radius 1 is 1.32 bits per heavy atom. The first kappa shape index (κ1) is 14.7. The molecule has 0 saturated carbocycles. The van der Waals surface area contributed by atoms with E-state index in [2.05, 4.69) is 10.6 Å². The van der Waals surface area contributed by atoms with Crippen molar-refractivity contribution in [3.63, 3.8) is 0 Å². The van der Waals surface area contributed by atoms with E-state index < -0.39 is 6.03 Å². The summed E-state index contributed by atoms with van der Waals surface area (Å²) >= 11 is 0. The van der Waals surface area contributed by atoms with Crippen LogP contribution >= 0.6 is 0 Å². The molecule has 0 bridgehead atoms. The van der Waals surface area contributed by atoms with Crippen molar-refractivity contribution in [1.82, 2.24) is 5.32 Å². The summed E-state index contributed by atoms with van der Waals surface area (Å²) in [6.07, 6.45) is 1.73.